The molecule has 13 heavy (non-hydrogen) atoms. The predicted molar refractivity (Wildman–Crippen MR) is 47.9 cm³/mol. The van der Waals surface area contributed by atoms with Crippen molar-refractivity contribution in [1.29, 1.82) is 5.26 Å². The molecule has 2 rings (SSSR count). The Morgan fingerprint density at radius 3 is 3.00 bits per heavy atom. The van der Waals surface area contributed by atoms with Crippen LogP contribution in [0.15, 0.2) is 18.2 Å². The van der Waals surface area contributed by atoms with E-state index in [-0.39, 0.29) is 0 Å². The maximum Gasteiger partial charge on any atom is 0.130 e. The van der Waals surface area contributed by atoms with E-state index in [2.05, 4.69) is 16.3 Å². The lowest BCUT2D eigenvalue weighted by molar-refractivity contribution is 0.578. The summed E-state index contributed by atoms with van der Waals surface area (Å²) in [4.78, 5) is 1.59. The molecule has 1 aromatic heterocycles. The molecule has 0 bridgehead atoms. The van der Waals surface area contributed by atoms with Gasteiger partial charge in [-0.2, -0.15) is 20.3 Å². The van der Waals surface area contributed by atoms with E-state index >= 15 is 0 Å². The van der Waals surface area contributed by atoms with Gasteiger partial charge in [-0.05, 0) is 19.1 Å². The zero-order valence-corrected chi connectivity index (χ0v) is 7.23. The van der Waals surface area contributed by atoms with Crippen LogP contribution in [0.2, 0.25) is 0 Å². The normalized spacial score (nSPS) is 10.2. The maximum absolute atomic E-state index is 8.79. The summed E-state index contributed by atoms with van der Waals surface area (Å²) in [7, 11) is 0. The summed E-state index contributed by atoms with van der Waals surface area (Å²) in [5.74, 6) is 0. The number of aryl methyl sites for hydroxylation is 1. The molecule has 0 aliphatic rings. The van der Waals surface area contributed by atoms with Crippen molar-refractivity contribution in [2.75, 3.05) is 0 Å². The number of hydrogen-bond acceptors (Lipinski definition) is 3. The Morgan fingerprint density at radius 2 is 2.31 bits per heavy atom. The van der Waals surface area contributed by atoms with Gasteiger partial charge in [0.25, 0.3) is 0 Å². The lowest BCUT2D eigenvalue weighted by Crippen LogP contribution is -1.97. The van der Waals surface area contributed by atoms with Crippen molar-refractivity contribution in [3.63, 3.8) is 0 Å². The second kappa shape index (κ2) is 2.87. The molecular formula is C9H8N4. The van der Waals surface area contributed by atoms with Gasteiger partial charge in [0.05, 0.1) is 12.1 Å². The average Bonchev–Trinajstić information content (AvgIpc) is 2.59. The molecule has 64 valence electrons. The smallest absolute Gasteiger partial charge is 0.130 e. The fourth-order valence-corrected chi connectivity index (χ4v) is 1.21. The first-order chi connectivity index (χ1) is 6.35. The molecular weight excluding hydrogens is 164 g/mol. The molecule has 4 nitrogen and oxygen atoms in total. The molecule has 0 amide bonds. The zero-order valence-electron chi connectivity index (χ0n) is 7.23. The van der Waals surface area contributed by atoms with E-state index in [0.29, 0.717) is 11.1 Å². The van der Waals surface area contributed by atoms with Crippen molar-refractivity contribution < 1.29 is 0 Å². The summed E-state index contributed by atoms with van der Waals surface area (Å²) in [5, 5.41) is 17.2. The van der Waals surface area contributed by atoms with Crippen LogP contribution in [-0.4, -0.2) is 15.0 Å². The SMILES string of the molecule is CCn1nc2cccc(C#N)c2n1. The van der Waals surface area contributed by atoms with Gasteiger partial charge < -0.3 is 0 Å². The van der Waals surface area contributed by atoms with Crippen LogP contribution in [0.25, 0.3) is 11.0 Å². The first-order valence-electron chi connectivity index (χ1n) is 4.09. The van der Waals surface area contributed by atoms with Crippen LogP contribution < -0.4 is 0 Å². The van der Waals surface area contributed by atoms with Gasteiger partial charge in [0, 0.05) is 0 Å². The Kier molecular flexibility index (Phi) is 1.71. The summed E-state index contributed by atoms with van der Waals surface area (Å²) in [6, 6.07) is 7.51. The highest BCUT2D eigenvalue weighted by Gasteiger charge is 2.05. The van der Waals surface area contributed by atoms with E-state index in [4.69, 9.17) is 5.26 Å². The summed E-state index contributed by atoms with van der Waals surface area (Å²) in [6.07, 6.45) is 0. The highest BCUT2D eigenvalue weighted by Crippen LogP contribution is 2.12. The van der Waals surface area contributed by atoms with Gasteiger partial charge in [0.15, 0.2) is 0 Å². The van der Waals surface area contributed by atoms with Crippen molar-refractivity contribution in [1.82, 2.24) is 15.0 Å². The van der Waals surface area contributed by atoms with E-state index in [1.807, 2.05) is 19.1 Å². The molecule has 0 unspecified atom stereocenters. The van der Waals surface area contributed by atoms with Crippen molar-refractivity contribution in [3.05, 3.63) is 23.8 Å². The number of fused-ring (bicyclic) bond motifs is 1. The largest absolute Gasteiger partial charge is 0.192 e. The van der Waals surface area contributed by atoms with Crippen LogP contribution in [-0.2, 0) is 6.54 Å². The third-order valence-corrected chi connectivity index (χ3v) is 1.86. The second-order valence-electron chi connectivity index (χ2n) is 2.67. The van der Waals surface area contributed by atoms with E-state index in [1.54, 1.807) is 10.9 Å². The second-order valence-corrected chi connectivity index (χ2v) is 2.67. The number of hydrogen-bond donors (Lipinski definition) is 0. The molecule has 0 saturated heterocycles. The number of aromatic nitrogens is 3. The molecule has 0 fully saturated rings. The van der Waals surface area contributed by atoms with Crippen LogP contribution in [0.5, 0.6) is 0 Å². The van der Waals surface area contributed by atoms with E-state index in [9.17, 15) is 0 Å². The quantitative estimate of drug-likeness (QED) is 0.651. The molecule has 4 heteroatoms. The van der Waals surface area contributed by atoms with Crippen LogP contribution in [0, 0.1) is 11.3 Å². The van der Waals surface area contributed by atoms with Gasteiger partial charge in [-0.1, -0.05) is 6.07 Å². The van der Waals surface area contributed by atoms with E-state index < -0.39 is 0 Å². The third-order valence-electron chi connectivity index (χ3n) is 1.86. The average molecular weight is 172 g/mol. The molecule has 0 radical (unpaired) electrons. The van der Waals surface area contributed by atoms with Gasteiger partial charge in [0.2, 0.25) is 0 Å². The van der Waals surface area contributed by atoms with Gasteiger partial charge in [-0.25, -0.2) is 0 Å². The van der Waals surface area contributed by atoms with Crippen molar-refractivity contribution >= 4 is 11.0 Å². The highest BCUT2D eigenvalue weighted by molar-refractivity contribution is 5.79. The fraction of sp³-hybridized carbons (Fsp3) is 0.222. The number of rotatable bonds is 1. The van der Waals surface area contributed by atoms with Crippen molar-refractivity contribution in [2.24, 2.45) is 0 Å². The first-order valence-corrected chi connectivity index (χ1v) is 4.09. The summed E-state index contributed by atoms with van der Waals surface area (Å²) in [5.41, 5.74) is 2.05. The van der Waals surface area contributed by atoms with Crippen LogP contribution >= 0.6 is 0 Å². The number of nitriles is 1. The first kappa shape index (κ1) is 7.74. The maximum atomic E-state index is 8.79. The summed E-state index contributed by atoms with van der Waals surface area (Å²) in [6.45, 7) is 2.68. The Morgan fingerprint density at radius 1 is 1.46 bits per heavy atom. The van der Waals surface area contributed by atoms with Crippen LogP contribution in [0.3, 0.4) is 0 Å². The molecule has 0 N–H and O–H groups in total. The molecule has 0 atom stereocenters. The van der Waals surface area contributed by atoms with Gasteiger partial charge >= 0.3 is 0 Å². The molecule has 0 aliphatic heterocycles. The predicted octanol–water partition coefficient (Wildman–Crippen LogP) is 1.32. The van der Waals surface area contributed by atoms with Gasteiger partial charge in [-0.3, -0.25) is 0 Å². The fourth-order valence-electron chi connectivity index (χ4n) is 1.21. The lowest BCUT2D eigenvalue weighted by Gasteiger charge is -1.87. The molecule has 2 aromatic rings. The van der Waals surface area contributed by atoms with Crippen molar-refractivity contribution in [3.8, 4) is 6.07 Å². The van der Waals surface area contributed by atoms with Crippen LogP contribution in [0.4, 0.5) is 0 Å². The highest BCUT2D eigenvalue weighted by atomic mass is 15.5. The molecule has 1 aromatic carbocycles. The Bertz CT molecular complexity index is 478. The van der Waals surface area contributed by atoms with E-state index in [0.717, 1.165) is 12.1 Å². The minimum absolute atomic E-state index is 0.581. The van der Waals surface area contributed by atoms with Gasteiger partial charge in [-0.15, -0.1) is 0 Å². The topological polar surface area (TPSA) is 54.5 Å². The standard InChI is InChI=1S/C9H8N4/c1-2-13-11-8-5-3-4-7(6-10)9(8)12-13/h3-5H,2H2,1H3. The molecule has 0 aliphatic carbocycles. The zero-order chi connectivity index (χ0) is 9.26. The minimum Gasteiger partial charge on any atom is -0.192 e. The van der Waals surface area contributed by atoms with Crippen molar-refractivity contribution in [2.45, 2.75) is 13.5 Å². The molecule has 1 heterocycles. The monoisotopic (exact) mass is 172 g/mol. The molecule has 0 saturated carbocycles. The summed E-state index contributed by atoms with van der Waals surface area (Å²) < 4.78 is 0. The van der Waals surface area contributed by atoms with Crippen LogP contribution in [0.1, 0.15) is 12.5 Å². The molecule has 0 spiro atoms. The third kappa shape index (κ3) is 1.14. The lowest BCUT2D eigenvalue weighted by atomic mass is 10.2. The summed E-state index contributed by atoms with van der Waals surface area (Å²) >= 11 is 0. The van der Waals surface area contributed by atoms with E-state index in [1.165, 1.54) is 0 Å². The minimum atomic E-state index is 0.581. The number of benzene rings is 1. The number of nitrogens with zero attached hydrogens (tertiary/aromatic N) is 4. The Labute approximate surface area is 75.4 Å². The Hall–Kier alpha value is -1.89. The Balaban J connectivity index is 2.76. The van der Waals surface area contributed by atoms with Gasteiger partial charge in [0.1, 0.15) is 17.1 Å².